The number of aliphatic imine (C=N–C) groups is 1. The number of esters is 1. The normalized spacial score (nSPS) is 22.6. The van der Waals surface area contributed by atoms with Crippen molar-refractivity contribution in [1.82, 2.24) is 0 Å². The van der Waals surface area contributed by atoms with E-state index in [0.29, 0.717) is 41.3 Å². The summed E-state index contributed by atoms with van der Waals surface area (Å²) in [5.74, 6) is -1.57. The number of nitro benzene ring substituents is 1. The highest BCUT2D eigenvalue weighted by Crippen LogP contribution is 2.51. The Kier molecular flexibility index (Phi) is 7.12. The van der Waals surface area contributed by atoms with Crippen LogP contribution < -0.4 is 14.2 Å². The summed E-state index contributed by atoms with van der Waals surface area (Å²) >= 11 is 0. The molecule has 0 bridgehead atoms. The molecule has 39 heavy (non-hydrogen) atoms. The number of ketones is 1. The monoisotopic (exact) mass is 534 g/mol. The van der Waals surface area contributed by atoms with Gasteiger partial charge in [-0.1, -0.05) is 19.1 Å². The molecule has 1 aliphatic carbocycles. The maximum Gasteiger partial charge on any atom is 0.315 e. The molecule has 4 atom stereocenters. The SMILES string of the molecule is CC[C@@H](C)OC(=O)C1C(C)=NC2=C(C(=O)C[C@H](c3ccc(OC)cc3)C2)[C@@H]1c1cc2c(cc1[N+](=O)[O-])OCO2. The summed E-state index contributed by atoms with van der Waals surface area (Å²) in [4.78, 5) is 43.8. The van der Waals surface area contributed by atoms with E-state index in [9.17, 15) is 19.7 Å². The van der Waals surface area contributed by atoms with Crippen LogP contribution in [-0.2, 0) is 14.3 Å². The Bertz CT molecular complexity index is 1390. The van der Waals surface area contributed by atoms with Crippen LogP contribution >= 0.6 is 0 Å². The molecule has 204 valence electrons. The molecule has 0 fully saturated rings. The van der Waals surface area contributed by atoms with E-state index < -0.39 is 22.7 Å². The molecule has 2 aromatic carbocycles. The minimum Gasteiger partial charge on any atom is -0.497 e. The van der Waals surface area contributed by atoms with E-state index in [1.165, 1.54) is 12.1 Å². The quantitative estimate of drug-likeness (QED) is 0.268. The second-order valence-corrected chi connectivity index (χ2v) is 10.0. The van der Waals surface area contributed by atoms with Crippen molar-refractivity contribution in [2.45, 2.75) is 58.0 Å². The Balaban J connectivity index is 1.64. The first-order valence-corrected chi connectivity index (χ1v) is 13.0. The largest absolute Gasteiger partial charge is 0.497 e. The van der Waals surface area contributed by atoms with Crippen LogP contribution in [0.25, 0.3) is 0 Å². The third-order valence-corrected chi connectivity index (χ3v) is 7.68. The number of nitro groups is 1. The highest BCUT2D eigenvalue weighted by Gasteiger charge is 2.47. The van der Waals surface area contributed by atoms with Crippen molar-refractivity contribution in [1.29, 1.82) is 0 Å². The van der Waals surface area contributed by atoms with Crippen LogP contribution in [0.1, 0.15) is 63.0 Å². The van der Waals surface area contributed by atoms with Gasteiger partial charge in [-0.2, -0.15) is 0 Å². The number of fused-ring (bicyclic) bond motifs is 1. The van der Waals surface area contributed by atoms with Crippen molar-refractivity contribution in [2.75, 3.05) is 13.9 Å². The second-order valence-electron chi connectivity index (χ2n) is 10.0. The molecule has 2 aliphatic heterocycles. The van der Waals surface area contributed by atoms with E-state index in [0.717, 1.165) is 5.56 Å². The van der Waals surface area contributed by atoms with Crippen molar-refractivity contribution < 1.29 is 33.5 Å². The first-order chi connectivity index (χ1) is 18.7. The Morgan fingerprint density at radius 1 is 1.18 bits per heavy atom. The minimum absolute atomic E-state index is 0.0724. The molecule has 10 heteroatoms. The Labute approximate surface area is 225 Å². The summed E-state index contributed by atoms with van der Waals surface area (Å²) in [6.07, 6.45) is 0.864. The zero-order chi connectivity index (χ0) is 27.8. The number of carbonyl (C=O) groups is 2. The van der Waals surface area contributed by atoms with Gasteiger partial charge < -0.3 is 18.9 Å². The zero-order valence-corrected chi connectivity index (χ0v) is 22.3. The topological polar surface area (TPSA) is 127 Å². The minimum atomic E-state index is -1.00. The van der Waals surface area contributed by atoms with E-state index in [4.69, 9.17) is 23.9 Å². The van der Waals surface area contributed by atoms with E-state index in [-0.39, 0.29) is 48.0 Å². The molecule has 0 saturated heterocycles. The van der Waals surface area contributed by atoms with Gasteiger partial charge >= 0.3 is 5.97 Å². The molecule has 0 saturated carbocycles. The van der Waals surface area contributed by atoms with Crippen molar-refractivity contribution in [3.8, 4) is 17.2 Å². The molecule has 0 radical (unpaired) electrons. The smallest absolute Gasteiger partial charge is 0.315 e. The molecule has 2 heterocycles. The van der Waals surface area contributed by atoms with E-state index in [1.807, 2.05) is 31.2 Å². The number of allylic oxidation sites excluding steroid dienone is 2. The van der Waals surface area contributed by atoms with Gasteiger partial charge in [-0.15, -0.1) is 0 Å². The average molecular weight is 535 g/mol. The van der Waals surface area contributed by atoms with Gasteiger partial charge in [0.1, 0.15) is 11.7 Å². The lowest BCUT2D eigenvalue weighted by Gasteiger charge is -2.36. The number of ether oxygens (including phenoxy) is 4. The van der Waals surface area contributed by atoms with E-state index >= 15 is 0 Å². The first kappa shape index (κ1) is 26.4. The molecule has 3 aliphatic rings. The number of rotatable bonds is 7. The molecule has 0 amide bonds. The molecule has 1 unspecified atom stereocenters. The molecular formula is C29H30N2O8. The number of Topliss-reactive ketones (excluding diaryl/α,β-unsaturated/α-hetero) is 1. The molecule has 0 spiro atoms. The van der Waals surface area contributed by atoms with Crippen LogP contribution in [0, 0.1) is 16.0 Å². The highest BCUT2D eigenvalue weighted by atomic mass is 16.7. The van der Waals surface area contributed by atoms with E-state index in [1.54, 1.807) is 21.0 Å². The molecular weight excluding hydrogens is 504 g/mol. The second kappa shape index (κ2) is 10.5. The van der Waals surface area contributed by atoms with Crippen LogP contribution in [0.3, 0.4) is 0 Å². The lowest BCUT2D eigenvalue weighted by atomic mass is 9.69. The predicted molar refractivity (Wildman–Crippen MR) is 141 cm³/mol. The van der Waals surface area contributed by atoms with Gasteiger partial charge in [-0.3, -0.25) is 24.7 Å². The summed E-state index contributed by atoms with van der Waals surface area (Å²) < 4.78 is 21.8. The Morgan fingerprint density at radius 3 is 2.51 bits per heavy atom. The Hall–Kier alpha value is -4.21. The van der Waals surface area contributed by atoms with Gasteiger partial charge in [0, 0.05) is 34.9 Å². The summed E-state index contributed by atoms with van der Waals surface area (Å²) in [5, 5.41) is 12.2. The standard InChI is InChI=1S/C29H30N2O8/c1-5-15(2)39-29(33)26-16(3)30-21-10-18(17-6-8-19(36-4)9-7-17)11-23(32)28(21)27(26)20-12-24-25(38-14-37-24)13-22(20)31(34)35/h6-9,12-13,15,18,26-27H,5,10-11,14H2,1-4H3/t15-,18-,26?,27-/m1/s1. The number of hydrogen-bond donors (Lipinski definition) is 0. The molecule has 0 N–H and O–H groups in total. The van der Waals surface area contributed by atoms with Gasteiger partial charge in [0.25, 0.3) is 5.69 Å². The van der Waals surface area contributed by atoms with Gasteiger partial charge in [-0.05, 0) is 56.4 Å². The van der Waals surface area contributed by atoms with Crippen LogP contribution in [0.15, 0.2) is 52.7 Å². The average Bonchev–Trinajstić information content (AvgIpc) is 3.39. The summed E-state index contributed by atoms with van der Waals surface area (Å²) in [6.45, 7) is 5.31. The first-order valence-electron chi connectivity index (χ1n) is 13.0. The fraction of sp³-hybridized carbons (Fsp3) is 0.414. The number of nitrogens with zero attached hydrogens (tertiary/aromatic N) is 2. The van der Waals surface area contributed by atoms with Crippen molar-refractivity contribution in [3.63, 3.8) is 0 Å². The van der Waals surface area contributed by atoms with Gasteiger partial charge in [-0.25, -0.2) is 0 Å². The zero-order valence-electron chi connectivity index (χ0n) is 22.3. The maximum atomic E-state index is 13.9. The van der Waals surface area contributed by atoms with Gasteiger partial charge in [0.15, 0.2) is 17.3 Å². The fourth-order valence-electron chi connectivity index (χ4n) is 5.52. The van der Waals surface area contributed by atoms with Crippen LogP contribution in [0.2, 0.25) is 0 Å². The molecule has 0 aromatic heterocycles. The number of methoxy groups -OCH3 is 1. The number of carbonyl (C=O) groups excluding carboxylic acids is 2. The summed E-state index contributed by atoms with van der Waals surface area (Å²) in [6, 6.07) is 10.4. The maximum absolute atomic E-state index is 13.9. The van der Waals surface area contributed by atoms with Crippen LogP contribution in [0.4, 0.5) is 5.69 Å². The molecule has 10 nitrogen and oxygen atoms in total. The lowest BCUT2D eigenvalue weighted by molar-refractivity contribution is -0.385. The Morgan fingerprint density at radius 2 is 1.87 bits per heavy atom. The number of hydrogen-bond acceptors (Lipinski definition) is 9. The third-order valence-electron chi connectivity index (χ3n) is 7.68. The van der Waals surface area contributed by atoms with Crippen molar-refractivity contribution in [3.05, 3.63) is 68.9 Å². The molecule has 5 rings (SSSR count). The van der Waals surface area contributed by atoms with E-state index in [2.05, 4.69) is 0 Å². The summed E-state index contributed by atoms with van der Waals surface area (Å²) in [5.41, 5.74) is 2.22. The van der Waals surface area contributed by atoms with Gasteiger partial charge in [0.2, 0.25) is 6.79 Å². The van der Waals surface area contributed by atoms with Gasteiger partial charge in [0.05, 0.1) is 24.2 Å². The number of benzene rings is 2. The predicted octanol–water partition coefficient (Wildman–Crippen LogP) is 5.25. The fourth-order valence-corrected chi connectivity index (χ4v) is 5.52. The van der Waals surface area contributed by atoms with Crippen molar-refractivity contribution >= 4 is 23.2 Å². The van der Waals surface area contributed by atoms with Crippen LogP contribution in [0.5, 0.6) is 17.2 Å². The van der Waals surface area contributed by atoms with Crippen LogP contribution in [-0.4, -0.2) is 42.4 Å². The highest BCUT2D eigenvalue weighted by molar-refractivity contribution is 6.09. The lowest BCUT2D eigenvalue weighted by Crippen LogP contribution is -2.39. The summed E-state index contributed by atoms with van der Waals surface area (Å²) in [7, 11) is 1.59. The third kappa shape index (κ3) is 4.86. The van der Waals surface area contributed by atoms with Crippen molar-refractivity contribution in [2.24, 2.45) is 10.9 Å². The molecule has 2 aromatic rings.